The molecule has 0 saturated heterocycles. The van der Waals surface area contributed by atoms with E-state index in [1.165, 1.54) is 6.07 Å². The van der Waals surface area contributed by atoms with Gasteiger partial charge in [0.1, 0.15) is 17.1 Å². The summed E-state index contributed by atoms with van der Waals surface area (Å²) in [5, 5.41) is 0. The van der Waals surface area contributed by atoms with Crippen molar-refractivity contribution in [1.29, 1.82) is 0 Å². The van der Waals surface area contributed by atoms with Crippen LogP contribution >= 0.6 is 0 Å². The molecular weight excluding hydrogens is 418 g/mol. The SMILES string of the molecule is CCOC(=O)c1cn2c(cc1=O)-c1cc(OC)c(-c3ccc(N)nc3)cc1CC2C(C)(C)C. The van der Waals surface area contributed by atoms with Gasteiger partial charge in [-0.2, -0.15) is 0 Å². The van der Waals surface area contributed by atoms with Gasteiger partial charge in [-0.3, -0.25) is 4.79 Å². The van der Waals surface area contributed by atoms with Gasteiger partial charge in [0.05, 0.1) is 19.4 Å². The third kappa shape index (κ3) is 4.11. The van der Waals surface area contributed by atoms with Crippen LogP contribution in [-0.4, -0.2) is 29.2 Å². The summed E-state index contributed by atoms with van der Waals surface area (Å²) in [6.07, 6.45) is 4.11. The molecule has 172 valence electrons. The van der Waals surface area contributed by atoms with Gasteiger partial charge < -0.3 is 19.8 Å². The quantitative estimate of drug-likeness (QED) is 0.592. The van der Waals surface area contributed by atoms with Crippen LogP contribution < -0.4 is 15.9 Å². The lowest BCUT2D eigenvalue weighted by Gasteiger charge is -2.39. The zero-order chi connectivity index (χ0) is 23.9. The second-order valence-corrected chi connectivity index (χ2v) is 9.33. The highest BCUT2D eigenvalue weighted by molar-refractivity contribution is 5.89. The van der Waals surface area contributed by atoms with Crippen molar-refractivity contribution >= 4 is 11.8 Å². The molecule has 2 N–H and O–H groups in total. The van der Waals surface area contributed by atoms with Crippen molar-refractivity contribution < 1.29 is 14.3 Å². The average Bonchev–Trinajstić information content (AvgIpc) is 2.77. The van der Waals surface area contributed by atoms with Crippen LogP contribution in [0.15, 0.2) is 47.5 Å². The summed E-state index contributed by atoms with van der Waals surface area (Å²) in [7, 11) is 1.62. The number of nitrogens with zero attached hydrogens (tertiary/aromatic N) is 2. The third-order valence-electron chi connectivity index (χ3n) is 6.12. The summed E-state index contributed by atoms with van der Waals surface area (Å²) >= 11 is 0. The molecule has 2 aromatic heterocycles. The summed E-state index contributed by atoms with van der Waals surface area (Å²) in [6.45, 7) is 8.41. The van der Waals surface area contributed by atoms with Gasteiger partial charge in [-0.05, 0) is 48.6 Å². The van der Waals surface area contributed by atoms with E-state index in [0.717, 1.165) is 34.4 Å². The van der Waals surface area contributed by atoms with Crippen LogP contribution in [0.1, 0.15) is 49.7 Å². The van der Waals surface area contributed by atoms with E-state index in [0.29, 0.717) is 11.6 Å². The van der Waals surface area contributed by atoms with Gasteiger partial charge in [0.25, 0.3) is 0 Å². The van der Waals surface area contributed by atoms with E-state index in [1.54, 1.807) is 32.5 Å². The number of fused-ring (bicyclic) bond motifs is 3. The largest absolute Gasteiger partial charge is 0.496 e. The molecule has 0 bridgehead atoms. The Morgan fingerprint density at radius 1 is 1.21 bits per heavy atom. The molecule has 33 heavy (non-hydrogen) atoms. The molecule has 0 aliphatic carbocycles. The van der Waals surface area contributed by atoms with Crippen molar-refractivity contribution in [2.45, 2.75) is 40.2 Å². The molecule has 7 nitrogen and oxygen atoms in total. The standard InChI is InChI=1S/C26H29N3O4/c1-6-33-25(31)19-14-29-20(12-21(19)30)17-11-22(32-5)18(15-7-8-24(27)28-13-15)9-16(17)10-23(29)26(2,3)4/h7-9,11-14,23H,6,10H2,1-5H3,(H2,27,28). The second kappa shape index (κ2) is 8.39. The molecule has 0 amide bonds. The summed E-state index contributed by atoms with van der Waals surface area (Å²) in [6, 6.07) is 9.30. The molecule has 1 unspecified atom stereocenters. The van der Waals surface area contributed by atoms with Crippen LogP contribution in [-0.2, 0) is 11.2 Å². The minimum absolute atomic E-state index is 0.0274. The molecule has 0 radical (unpaired) electrons. The van der Waals surface area contributed by atoms with Crippen LogP contribution in [0.2, 0.25) is 0 Å². The molecule has 7 heteroatoms. The Morgan fingerprint density at radius 2 is 1.97 bits per heavy atom. The molecule has 3 heterocycles. The van der Waals surface area contributed by atoms with Crippen molar-refractivity contribution in [3.05, 3.63) is 64.1 Å². The monoisotopic (exact) mass is 447 g/mol. The number of nitrogens with two attached hydrogens (primary N) is 1. The maximum absolute atomic E-state index is 12.9. The zero-order valence-corrected chi connectivity index (χ0v) is 19.6. The first-order valence-corrected chi connectivity index (χ1v) is 11.0. The third-order valence-corrected chi connectivity index (χ3v) is 6.12. The Labute approximate surface area is 193 Å². The predicted octanol–water partition coefficient (Wildman–Crippen LogP) is 4.49. The number of esters is 1. The van der Waals surface area contributed by atoms with Crippen LogP contribution in [0.25, 0.3) is 22.4 Å². The van der Waals surface area contributed by atoms with Crippen LogP contribution in [0, 0.1) is 5.41 Å². The summed E-state index contributed by atoms with van der Waals surface area (Å²) < 4.78 is 12.9. The fourth-order valence-electron chi connectivity index (χ4n) is 4.41. The van der Waals surface area contributed by atoms with Crippen molar-refractivity contribution in [1.82, 2.24) is 9.55 Å². The first kappa shape index (κ1) is 22.6. The van der Waals surface area contributed by atoms with Gasteiger partial charge >= 0.3 is 5.97 Å². The number of methoxy groups -OCH3 is 1. The Hall–Kier alpha value is -3.61. The predicted molar refractivity (Wildman–Crippen MR) is 128 cm³/mol. The number of aromatic nitrogens is 2. The normalized spacial score (nSPS) is 14.9. The number of carbonyl (C=O) groups excluding carboxylic acids is 1. The minimum atomic E-state index is -0.597. The minimum Gasteiger partial charge on any atom is -0.496 e. The Morgan fingerprint density at radius 3 is 2.58 bits per heavy atom. The maximum atomic E-state index is 12.9. The van der Waals surface area contributed by atoms with Gasteiger partial charge in [-0.1, -0.05) is 20.8 Å². The van der Waals surface area contributed by atoms with Crippen LogP contribution in [0.4, 0.5) is 5.82 Å². The van der Waals surface area contributed by atoms with Gasteiger partial charge in [0, 0.05) is 41.2 Å². The fourth-order valence-corrected chi connectivity index (χ4v) is 4.41. The van der Waals surface area contributed by atoms with Gasteiger partial charge in [-0.15, -0.1) is 0 Å². The number of rotatable bonds is 4. The van der Waals surface area contributed by atoms with Crippen LogP contribution in [0.5, 0.6) is 5.75 Å². The molecule has 1 aliphatic heterocycles. The topological polar surface area (TPSA) is 96.4 Å². The number of anilines is 1. The molecular formula is C26H29N3O4. The first-order valence-electron chi connectivity index (χ1n) is 11.0. The first-order chi connectivity index (χ1) is 15.6. The smallest absolute Gasteiger partial charge is 0.343 e. The molecule has 0 saturated carbocycles. The summed E-state index contributed by atoms with van der Waals surface area (Å²) in [4.78, 5) is 29.5. The highest BCUT2D eigenvalue weighted by Gasteiger charge is 2.34. The van der Waals surface area contributed by atoms with Crippen molar-refractivity contribution in [2.75, 3.05) is 19.5 Å². The van der Waals surface area contributed by atoms with E-state index < -0.39 is 5.97 Å². The van der Waals surface area contributed by atoms with E-state index in [9.17, 15) is 9.59 Å². The van der Waals surface area contributed by atoms with E-state index in [2.05, 4.69) is 31.8 Å². The number of pyridine rings is 2. The Bertz CT molecular complexity index is 1270. The number of nitrogen functional groups attached to an aromatic ring is 1. The molecule has 3 aromatic rings. The summed E-state index contributed by atoms with van der Waals surface area (Å²) in [5.74, 6) is 0.525. The molecule has 1 aromatic carbocycles. The maximum Gasteiger partial charge on any atom is 0.343 e. The van der Waals surface area contributed by atoms with E-state index >= 15 is 0 Å². The van der Waals surface area contributed by atoms with Crippen LogP contribution in [0.3, 0.4) is 0 Å². The number of hydrogen-bond donors (Lipinski definition) is 1. The molecule has 1 atom stereocenters. The van der Waals surface area contributed by atoms with Crippen molar-refractivity contribution in [3.63, 3.8) is 0 Å². The molecule has 4 rings (SSSR count). The highest BCUT2D eigenvalue weighted by Crippen LogP contribution is 2.45. The number of hydrogen-bond acceptors (Lipinski definition) is 6. The fraction of sp³-hybridized carbons (Fsp3) is 0.346. The molecule has 0 spiro atoms. The number of carbonyl (C=O) groups is 1. The van der Waals surface area contributed by atoms with Gasteiger partial charge in [0.2, 0.25) is 0 Å². The Kier molecular flexibility index (Phi) is 5.74. The number of ether oxygens (including phenoxy) is 2. The van der Waals surface area contributed by atoms with E-state index in [-0.39, 0.29) is 29.1 Å². The van der Waals surface area contributed by atoms with Crippen molar-refractivity contribution in [2.24, 2.45) is 5.41 Å². The van der Waals surface area contributed by atoms with Gasteiger partial charge in [0.15, 0.2) is 5.43 Å². The van der Waals surface area contributed by atoms with E-state index in [4.69, 9.17) is 15.2 Å². The number of benzene rings is 1. The lowest BCUT2D eigenvalue weighted by Crippen LogP contribution is -2.33. The lowest BCUT2D eigenvalue weighted by molar-refractivity contribution is 0.0523. The lowest BCUT2D eigenvalue weighted by atomic mass is 9.78. The van der Waals surface area contributed by atoms with Gasteiger partial charge in [-0.25, -0.2) is 9.78 Å². The zero-order valence-electron chi connectivity index (χ0n) is 19.6. The summed E-state index contributed by atoms with van der Waals surface area (Å²) in [5.41, 5.74) is 9.91. The van der Waals surface area contributed by atoms with Crippen molar-refractivity contribution in [3.8, 4) is 28.1 Å². The molecule has 0 fully saturated rings. The highest BCUT2D eigenvalue weighted by atomic mass is 16.5. The van der Waals surface area contributed by atoms with E-state index in [1.807, 2.05) is 16.7 Å². The average molecular weight is 448 g/mol. The Balaban J connectivity index is 1.95. The molecule has 1 aliphatic rings. The second-order valence-electron chi connectivity index (χ2n) is 9.33.